The molecule has 1 heterocycles. The van der Waals surface area contributed by atoms with Crippen LogP contribution in [0, 0.1) is 10.8 Å². The van der Waals surface area contributed by atoms with E-state index in [0.29, 0.717) is 16.7 Å². The van der Waals surface area contributed by atoms with Gasteiger partial charge < -0.3 is 10.2 Å². The van der Waals surface area contributed by atoms with Crippen LogP contribution in [0.25, 0.3) is 0 Å². The van der Waals surface area contributed by atoms with Gasteiger partial charge in [0.05, 0.1) is 0 Å². The first kappa shape index (κ1) is 30.1. The van der Waals surface area contributed by atoms with Crippen molar-refractivity contribution in [3.05, 3.63) is 58.7 Å². The molecular weight excluding hydrogens is 412 g/mol. The van der Waals surface area contributed by atoms with Gasteiger partial charge in [-0.3, -0.25) is 0 Å². The molecule has 34 heavy (non-hydrogen) atoms. The summed E-state index contributed by atoms with van der Waals surface area (Å²) in [5.41, 5.74) is 9.32. The fourth-order valence-corrected chi connectivity index (χ4v) is 4.60. The molecule has 0 aliphatic carbocycles. The predicted molar refractivity (Wildman–Crippen MR) is 156 cm³/mol. The monoisotopic (exact) mass is 466 g/mol. The fraction of sp³-hybridized carbons (Fsp3) is 0.625. The average molecular weight is 467 g/mol. The van der Waals surface area contributed by atoms with Gasteiger partial charge in [0.2, 0.25) is 0 Å². The van der Waals surface area contributed by atoms with Crippen molar-refractivity contribution in [3.8, 4) is 0 Å². The molecule has 0 atom stereocenters. The lowest BCUT2D eigenvalue weighted by Crippen LogP contribution is -2.24. The number of benzene rings is 2. The minimum atomic E-state index is 0.357. The van der Waals surface area contributed by atoms with Crippen molar-refractivity contribution in [1.29, 1.82) is 0 Å². The van der Waals surface area contributed by atoms with Gasteiger partial charge in [-0.05, 0) is 76.8 Å². The Morgan fingerprint density at radius 3 is 1.88 bits per heavy atom. The SMILES string of the molecule is CC.CN1CCCc2cc(CC(C)(C)C)ccc21.CNc1ccc(CC(C)(C)C)cc1C(C)C. The molecule has 0 bridgehead atoms. The molecule has 1 aliphatic heterocycles. The molecule has 1 N–H and O–H groups in total. The van der Waals surface area contributed by atoms with Crippen LogP contribution in [0.5, 0.6) is 0 Å². The van der Waals surface area contributed by atoms with Gasteiger partial charge in [0.25, 0.3) is 0 Å². The van der Waals surface area contributed by atoms with Crippen molar-refractivity contribution in [2.75, 3.05) is 30.9 Å². The Bertz CT molecular complexity index is 866. The van der Waals surface area contributed by atoms with Crippen molar-refractivity contribution >= 4 is 11.4 Å². The van der Waals surface area contributed by atoms with Crippen LogP contribution in [0.15, 0.2) is 36.4 Å². The van der Waals surface area contributed by atoms with Gasteiger partial charge in [0.1, 0.15) is 0 Å². The van der Waals surface area contributed by atoms with Crippen molar-refractivity contribution < 1.29 is 0 Å². The first-order valence-corrected chi connectivity index (χ1v) is 13.4. The molecule has 0 amide bonds. The second-order valence-corrected chi connectivity index (χ2v) is 12.3. The Labute approximate surface area is 212 Å². The summed E-state index contributed by atoms with van der Waals surface area (Å²) in [6.45, 7) is 23.5. The zero-order chi connectivity index (χ0) is 26.1. The Hall–Kier alpha value is -1.96. The Morgan fingerprint density at radius 2 is 1.38 bits per heavy atom. The van der Waals surface area contributed by atoms with E-state index < -0.39 is 0 Å². The third-order valence-corrected chi connectivity index (χ3v) is 5.97. The van der Waals surface area contributed by atoms with Gasteiger partial charge >= 0.3 is 0 Å². The number of nitrogens with zero attached hydrogens (tertiary/aromatic N) is 1. The third kappa shape index (κ3) is 10.1. The van der Waals surface area contributed by atoms with Crippen LogP contribution < -0.4 is 10.2 Å². The number of hydrogen-bond donors (Lipinski definition) is 1. The number of aryl methyl sites for hydroxylation is 1. The van der Waals surface area contributed by atoms with Gasteiger partial charge in [-0.2, -0.15) is 0 Å². The van der Waals surface area contributed by atoms with E-state index in [1.807, 2.05) is 20.9 Å². The zero-order valence-electron chi connectivity index (χ0n) is 24.5. The average Bonchev–Trinajstić information content (AvgIpc) is 2.73. The van der Waals surface area contributed by atoms with Gasteiger partial charge in [0.15, 0.2) is 0 Å². The zero-order valence-corrected chi connectivity index (χ0v) is 24.5. The van der Waals surface area contributed by atoms with E-state index in [4.69, 9.17) is 0 Å². The molecule has 0 unspecified atom stereocenters. The number of rotatable bonds is 4. The van der Waals surface area contributed by atoms with E-state index in [0.717, 1.165) is 6.42 Å². The Balaban J connectivity index is 0.000000317. The highest BCUT2D eigenvalue weighted by atomic mass is 15.1. The normalized spacial score (nSPS) is 13.4. The number of hydrogen-bond acceptors (Lipinski definition) is 2. The van der Waals surface area contributed by atoms with Gasteiger partial charge in [-0.15, -0.1) is 0 Å². The van der Waals surface area contributed by atoms with Gasteiger partial charge in [-0.25, -0.2) is 0 Å². The fourth-order valence-electron chi connectivity index (χ4n) is 4.60. The van der Waals surface area contributed by atoms with Crippen LogP contribution in [-0.2, 0) is 19.3 Å². The van der Waals surface area contributed by atoms with E-state index in [9.17, 15) is 0 Å². The Kier molecular flexibility index (Phi) is 11.7. The molecule has 2 aromatic rings. The molecule has 2 aromatic carbocycles. The topological polar surface area (TPSA) is 15.3 Å². The molecule has 1 aliphatic rings. The highest BCUT2D eigenvalue weighted by molar-refractivity contribution is 5.56. The van der Waals surface area contributed by atoms with E-state index >= 15 is 0 Å². The summed E-state index contributed by atoms with van der Waals surface area (Å²) in [6, 6.07) is 13.8. The maximum atomic E-state index is 3.27. The second kappa shape index (κ2) is 13.2. The van der Waals surface area contributed by atoms with Crippen molar-refractivity contribution in [2.45, 2.75) is 101 Å². The first-order valence-electron chi connectivity index (χ1n) is 13.4. The van der Waals surface area contributed by atoms with Crippen molar-refractivity contribution in [1.82, 2.24) is 0 Å². The molecule has 0 fully saturated rings. The second-order valence-electron chi connectivity index (χ2n) is 12.3. The highest BCUT2D eigenvalue weighted by Gasteiger charge is 2.16. The molecular formula is C32H54N2. The van der Waals surface area contributed by atoms with E-state index in [2.05, 4.69) is 109 Å². The molecule has 2 nitrogen and oxygen atoms in total. The Morgan fingerprint density at radius 1 is 0.853 bits per heavy atom. The predicted octanol–water partition coefficient (Wildman–Crippen LogP) is 9.12. The minimum absolute atomic E-state index is 0.357. The van der Waals surface area contributed by atoms with Crippen LogP contribution in [0.4, 0.5) is 11.4 Å². The largest absolute Gasteiger partial charge is 0.388 e. The maximum absolute atomic E-state index is 3.27. The molecule has 0 radical (unpaired) electrons. The van der Waals surface area contributed by atoms with E-state index in [-0.39, 0.29) is 0 Å². The first-order chi connectivity index (χ1) is 15.8. The summed E-state index contributed by atoms with van der Waals surface area (Å²) < 4.78 is 0. The molecule has 0 spiro atoms. The summed E-state index contributed by atoms with van der Waals surface area (Å²) in [5, 5.41) is 3.27. The summed E-state index contributed by atoms with van der Waals surface area (Å²) in [5.74, 6) is 0.572. The summed E-state index contributed by atoms with van der Waals surface area (Å²) in [7, 11) is 4.19. The quantitative estimate of drug-likeness (QED) is 0.483. The number of anilines is 2. The van der Waals surface area contributed by atoms with Gasteiger partial charge in [0, 0.05) is 32.0 Å². The van der Waals surface area contributed by atoms with Crippen LogP contribution in [0.1, 0.15) is 104 Å². The summed E-state index contributed by atoms with van der Waals surface area (Å²) in [6.07, 6.45) is 4.85. The van der Waals surface area contributed by atoms with Crippen molar-refractivity contribution in [2.24, 2.45) is 10.8 Å². The number of nitrogens with one attached hydrogen (secondary N) is 1. The lowest BCUT2D eigenvalue weighted by molar-refractivity contribution is 0.410. The standard InChI is InChI=1S/C15H23N.C15H25N.C2H6/c1-15(2,3)11-12-7-8-14-13(10-12)6-5-9-16(14)4;1-11(2)13-9-12(10-15(3,4)5)7-8-14(13)16-6;1-2/h7-8,10H,5-6,9,11H2,1-4H3;7-9,11,16H,10H2,1-6H3;1-2H3. The molecule has 0 saturated heterocycles. The van der Waals surface area contributed by atoms with Crippen LogP contribution in [-0.4, -0.2) is 20.6 Å². The summed E-state index contributed by atoms with van der Waals surface area (Å²) >= 11 is 0. The molecule has 2 heteroatoms. The molecule has 0 saturated carbocycles. The molecule has 3 rings (SSSR count). The smallest absolute Gasteiger partial charge is 0.0396 e. The van der Waals surface area contributed by atoms with Crippen LogP contribution in [0.3, 0.4) is 0 Å². The van der Waals surface area contributed by atoms with Crippen LogP contribution >= 0.6 is 0 Å². The molecule has 0 aromatic heterocycles. The maximum Gasteiger partial charge on any atom is 0.0396 e. The number of fused-ring (bicyclic) bond motifs is 1. The lowest BCUT2D eigenvalue weighted by atomic mass is 9.86. The van der Waals surface area contributed by atoms with E-state index in [1.165, 1.54) is 59.4 Å². The van der Waals surface area contributed by atoms with E-state index in [1.54, 1.807) is 0 Å². The van der Waals surface area contributed by atoms with Crippen molar-refractivity contribution in [3.63, 3.8) is 0 Å². The third-order valence-electron chi connectivity index (χ3n) is 5.97. The van der Waals surface area contributed by atoms with Gasteiger partial charge in [-0.1, -0.05) is 93.5 Å². The lowest BCUT2D eigenvalue weighted by Gasteiger charge is -2.28. The minimum Gasteiger partial charge on any atom is -0.388 e. The molecule has 192 valence electrons. The highest BCUT2D eigenvalue weighted by Crippen LogP contribution is 2.30. The van der Waals surface area contributed by atoms with Crippen LogP contribution in [0.2, 0.25) is 0 Å². The summed E-state index contributed by atoms with van der Waals surface area (Å²) in [4.78, 5) is 2.37.